The molecular weight excluding hydrogens is 174 g/mol. The van der Waals surface area contributed by atoms with Gasteiger partial charge in [-0.3, -0.25) is 0 Å². The molecule has 0 spiro atoms. The third-order valence-corrected chi connectivity index (χ3v) is 2.52. The van der Waals surface area contributed by atoms with Gasteiger partial charge in [0.1, 0.15) is 0 Å². The number of nitrogens with two attached hydrogens (primary N) is 1. The van der Waals surface area contributed by atoms with Gasteiger partial charge in [-0.15, -0.1) is 0 Å². The first-order chi connectivity index (χ1) is 7.97. The molecule has 0 amide bonds. The minimum atomic E-state index is -1.97. The molecule has 1 fully saturated rings. The molecule has 1 aromatic rings. The van der Waals surface area contributed by atoms with Crippen molar-refractivity contribution in [2.24, 2.45) is 0 Å². The van der Waals surface area contributed by atoms with Gasteiger partial charge in [-0.1, -0.05) is 6.07 Å². The summed E-state index contributed by atoms with van der Waals surface area (Å²) in [6, 6.07) is 7.69. The van der Waals surface area contributed by atoms with Crippen LogP contribution in [0.2, 0.25) is 0 Å². The van der Waals surface area contributed by atoms with Gasteiger partial charge in [0, 0.05) is 41.7 Å². The quantitative estimate of drug-likeness (QED) is 0.677. The Morgan fingerprint density at radius 1 is 1.29 bits per heavy atom. The fourth-order valence-corrected chi connectivity index (χ4v) is 1.69. The minimum absolute atomic E-state index is 0.561. The SMILES string of the molecule is [2H]C([2H])([2H])N1CCN(c2cccc(N)c2)CC1. The number of hydrogen-bond acceptors (Lipinski definition) is 3. The first kappa shape index (κ1) is 6.30. The Bertz CT molecular complexity index is 384. The fraction of sp³-hybridized carbons (Fsp3) is 0.455. The molecular formula is C11H17N3. The number of piperazine rings is 1. The molecule has 1 aromatic carbocycles. The smallest absolute Gasteiger partial charge is 0.0394 e. The summed E-state index contributed by atoms with van der Waals surface area (Å²) >= 11 is 0. The Hall–Kier alpha value is -1.22. The zero-order chi connectivity index (χ0) is 12.5. The summed E-state index contributed by atoms with van der Waals surface area (Å²) in [4.78, 5) is 3.70. The Morgan fingerprint density at radius 3 is 2.71 bits per heavy atom. The Kier molecular flexibility index (Phi) is 1.75. The van der Waals surface area contributed by atoms with Gasteiger partial charge in [-0.05, 0) is 25.2 Å². The van der Waals surface area contributed by atoms with Gasteiger partial charge < -0.3 is 15.5 Å². The summed E-state index contributed by atoms with van der Waals surface area (Å²) in [6.07, 6.45) is 0. The molecule has 0 aliphatic carbocycles. The molecule has 1 aliphatic heterocycles. The average molecular weight is 194 g/mol. The van der Waals surface area contributed by atoms with Gasteiger partial charge in [0.2, 0.25) is 0 Å². The summed E-state index contributed by atoms with van der Waals surface area (Å²) in [6.45, 7) is 0.599. The van der Waals surface area contributed by atoms with E-state index >= 15 is 0 Å². The van der Waals surface area contributed by atoms with E-state index in [9.17, 15) is 0 Å². The minimum Gasteiger partial charge on any atom is -0.399 e. The third kappa shape index (κ3) is 1.99. The molecule has 0 saturated carbocycles. The van der Waals surface area contributed by atoms with Crippen molar-refractivity contribution < 1.29 is 4.11 Å². The van der Waals surface area contributed by atoms with Crippen LogP contribution in [0.5, 0.6) is 0 Å². The van der Waals surface area contributed by atoms with E-state index in [1.54, 1.807) is 0 Å². The summed E-state index contributed by atoms with van der Waals surface area (Å²) in [5, 5.41) is 0. The van der Waals surface area contributed by atoms with Gasteiger partial charge in [-0.25, -0.2) is 0 Å². The first-order valence-corrected chi connectivity index (χ1v) is 4.82. The highest BCUT2D eigenvalue weighted by Crippen LogP contribution is 2.18. The van der Waals surface area contributed by atoms with Crippen LogP contribution in [-0.4, -0.2) is 38.1 Å². The lowest BCUT2D eigenvalue weighted by molar-refractivity contribution is 0.313. The molecule has 0 atom stereocenters. The zero-order valence-corrected chi connectivity index (χ0v) is 8.11. The second-order valence-electron chi connectivity index (χ2n) is 3.57. The lowest BCUT2D eigenvalue weighted by atomic mass is 10.2. The topological polar surface area (TPSA) is 32.5 Å². The molecule has 14 heavy (non-hydrogen) atoms. The standard InChI is InChI=1S/C11H17N3/c1-13-5-7-14(8-6-13)11-4-2-3-10(12)9-11/h2-4,9H,5-8,12H2,1H3/i1D3. The summed E-state index contributed by atoms with van der Waals surface area (Å²) in [7, 11) is 0. The summed E-state index contributed by atoms with van der Waals surface area (Å²) in [5.74, 6) is 0. The molecule has 0 bridgehead atoms. The van der Waals surface area contributed by atoms with E-state index in [1.807, 2.05) is 24.3 Å². The average Bonchev–Trinajstić information content (AvgIpc) is 2.28. The van der Waals surface area contributed by atoms with Crippen LogP contribution in [0, 0.1) is 0 Å². The number of anilines is 2. The van der Waals surface area contributed by atoms with Crippen molar-refractivity contribution in [2.45, 2.75) is 0 Å². The van der Waals surface area contributed by atoms with Crippen molar-refractivity contribution in [1.82, 2.24) is 4.90 Å². The van der Waals surface area contributed by atoms with Crippen LogP contribution in [0.4, 0.5) is 11.4 Å². The molecule has 1 aliphatic rings. The molecule has 1 saturated heterocycles. The number of nitrogens with zero attached hydrogens (tertiary/aromatic N) is 2. The van der Waals surface area contributed by atoms with Crippen LogP contribution >= 0.6 is 0 Å². The van der Waals surface area contributed by atoms with E-state index in [4.69, 9.17) is 9.85 Å². The van der Waals surface area contributed by atoms with Crippen molar-refractivity contribution in [1.29, 1.82) is 0 Å². The maximum Gasteiger partial charge on any atom is 0.0394 e. The highest BCUT2D eigenvalue weighted by molar-refractivity contribution is 5.56. The Morgan fingerprint density at radius 2 is 2.07 bits per heavy atom. The van der Waals surface area contributed by atoms with Crippen molar-refractivity contribution >= 4 is 11.4 Å². The van der Waals surface area contributed by atoms with E-state index in [1.165, 1.54) is 4.90 Å². The second-order valence-corrected chi connectivity index (χ2v) is 3.57. The van der Waals surface area contributed by atoms with Crippen LogP contribution in [-0.2, 0) is 0 Å². The van der Waals surface area contributed by atoms with Crippen LogP contribution in [0.25, 0.3) is 0 Å². The van der Waals surface area contributed by atoms with Crippen LogP contribution in [0.3, 0.4) is 0 Å². The fourth-order valence-electron chi connectivity index (χ4n) is 1.69. The van der Waals surface area contributed by atoms with E-state index in [-0.39, 0.29) is 0 Å². The molecule has 0 radical (unpaired) electrons. The van der Waals surface area contributed by atoms with E-state index in [0.717, 1.165) is 24.5 Å². The van der Waals surface area contributed by atoms with E-state index < -0.39 is 6.98 Å². The number of likely N-dealkylation sites (N-methyl/N-ethyl adjacent to an activating group) is 1. The van der Waals surface area contributed by atoms with Crippen LogP contribution in [0.15, 0.2) is 24.3 Å². The Balaban J connectivity index is 2.00. The highest BCUT2D eigenvalue weighted by Gasteiger charge is 2.13. The monoisotopic (exact) mass is 194 g/mol. The molecule has 0 aromatic heterocycles. The van der Waals surface area contributed by atoms with E-state index in [2.05, 4.69) is 4.90 Å². The van der Waals surface area contributed by atoms with Gasteiger partial charge >= 0.3 is 0 Å². The number of rotatable bonds is 1. The Labute approximate surface area is 89.3 Å². The maximum absolute atomic E-state index is 7.35. The van der Waals surface area contributed by atoms with Crippen LogP contribution < -0.4 is 10.6 Å². The molecule has 1 heterocycles. The maximum atomic E-state index is 7.35. The van der Waals surface area contributed by atoms with Crippen LogP contribution in [0.1, 0.15) is 4.11 Å². The van der Waals surface area contributed by atoms with Crippen molar-refractivity contribution in [3.8, 4) is 0 Å². The van der Waals surface area contributed by atoms with Gasteiger partial charge in [0.05, 0.1) is 0 Å². The molecule has 2 rings (SSSR count). The third-order valence-electron chi connectivity index (χ3n) is 2.52. The molecule has 3 heteroatoms. The predicted octanol–water partition coefficient (Wildman–Crippen LogP) is 1.02. The lowest BCUT2D eigenvalue weighted by Crippen LogP contribution is -2.44. The molecule has 76 valence electrons. The largest absolute Gasteiger partial charge is 0.399 e. The number of hydrogen-bond donors (Lipinski definition) is 1. The number of benzene rings is 1. The predicted molar refractivity (Wildman–Crippen MR) is 60.6 cm³/mol. The van der Waals surface area contributed by atoms with Gasteiger partial charge in [0.25, 0.3) is 0 Å². The number of nitrogen functional groups attached to an aromatic ring is 1. The van der Waals surface area contributed by atoms with Gasteiger partial charge in [-0.2, -0.15) is 0 Å². The molecule has 3 nitrogen and oxygen atoms in total. The van der Waals surface area contributed by atoms with Crippen molar-refractivity contribution in [3.63, 3.8) is 0 Å². The first-order valence-electron chi connectivity index (χ1n) is 6.32. The van der Waals surface area contributed by atoms with E-state index in [0.29, 0.717) is 13.1 Å². The normalized spacial score (nSPS) is 22.6. The summed E-state index contributed by atoms with van der Waals surface area (Å²) < 4.78 is 22.1. The second kappa shape index (κ2) is 3.88. The van der Waals surface area contributed by atoms with Gasteiger partial charge in [0.15, 0.2) is 0 Å². The molecule has 0 unspecified atom stereocenters. The highest BCUT2D eigenvalue weighted by atomic mass is 15.2. The summed E-state index contributed by atoms with van der Waals surface area (Å²) in [5.41, 5.74) is 7.54. The van der Waals surface area contributed by atoms with Crippen molar-refractivity contribution in [3.05, 3.63) is 24.3 Å². The zero-order valence-electron chi connectivity index (χ0n) is 11.1. The molecule has 2 N–H and O–H groups in total. The lowest BCUT2D eigenvalue weighted by Gasteiger charge is -2.34. The van der Waals surface area contributed by atoms with Crippen molar-refractivity contribution in [2.75, 3.05) is 43.8 Å².